The lowest BCUT2D eigenvalue weighted by Gasteiger charge is -2.49. The minimum absolute atomic E-state index is 0.270. The molecule has 0 aliphatic carbocycles. The van der Waals surface area contributed by atoms with E-state index in [4.69, 9.17) is 16.6 Å². The molecule has 2 aliphatic heterocycles. The third-order valence-electron chi connectivity index (χ3n) is 4.64. The molecule has 1 N–H and O–H groups in total. The number of nitrogens with zero attached hydrogens (tertiary/aromatic N) is 3. The molecular formula is C18H19ClN4. The second kappa shape index (κ2) is 5.53. The van der Waals surface area contributed by atoms with Gasteiger partial charge in [-0.25, -0.2) is 0 Å². The summed E-state index contributed by atoms with van der Waals surface area (Å²) in [5.41, 5.74) is 3.14. The van der Waals surface area contributed by atoms with Gasteiger partial charge in [-0.15, -0.1) is 0 Å². The smallest absolute Gasteiger partial charge is 0.138 e. The van der Waals surface area contributed by atoms with Gasteiger partial charge in [0.25, 0.3) is 0 Å². The van der Waals surface area contributed by atoms with Gasteiger partial charge in [0.15, 0.2) is 0 Å². The van der Waals surface area contributed by atoms with Crippen molar-refractivity contribution < 1.29 is 0 Å². The van der Waals surface area contributed by atoms with Gasteiger partial charge >= 0.3 is 0 Å². The molecule has 0 fully saturated rings. The molecule has 4 rings (SSSR count). The zero-order valence-electron chi connectivity index (χ0n) is 13.1. The standard InChI is InChI=1S/C18H19ClN4/c1-2-7-18(13-5-8-20-9-6-13)22-16-4-3-14(19)12-15(16)17-21-10-11-23(17)18/h3-6,8-9,12,22H,2,7,10-11H2,1H3. The average molecular weight is 327 g/mol. The molecule has 23 heavy (non-hydrogen) atoms. The van der Waals surface area contributed by atoms with Gasteiger partial charge in [0.2, 0.25) is 0 Å². The average Bonchev–Trinajstić information content (AvgIpc) is 3.07. The maximum Gasteiger partial charge on any atom is 0.138 e. The van der Waals surface area contributed by atoms with Crippen molar-refractivity contribution in [3.63, 3.8) is 0 Å². The van der Waals surface area contributed by atoms with E-state index >= 15 is 0 Å². The van der Waals surface area contributed by atoms with Gasteiger partial charge in [0.05, 0.1) is 6.54 Å². The molecule has 2 aromatic rings. The number of hydrogen-bond acceptors (Lipinski definition) is 4. The molecule has 118 valence electrons. The monoisotopic (exact) mass is 326 g/mol. The number of aliphatic imine (C=N–C) groups is 1. The SMILES string of the molecule is CCCC1(c2ccncc2)Nc2ccc(Cl)cc2C2=NCCN21. The highest BCUT2D eigenvalue weighted by atomic mass is 35.5. The number of halogens is 1. The molecule has 0 amide bonds. The van der Waals surface area contributed by atoms with Crippen molar-refractivity contribution in [1.29, 1.82) is 0 Å². The first kappa shape index (κ1) is 14.5. The van der Waals surface area contributed by atoms with Crippen LogP contribution in [0.15, 0.2) is 47.7 Å². The number of amidine groups is 1. The molecule has 5 heteroatoms. The first-order chi connectivity index (χ1) is 11.2. The molecule has 3 heterocycles. The highest BCUT2D eigenvalue weighted by Gasteiger charge is 2.45. The number of hydrogen-bond donors (Lipinski definition) is 1. The van der Waals surface area contributed by atoms with E-state index in [9.17, 15) is 0 Å². The van der Waals surface area contributed by atoms with Crippen molar-refractivity contribution >= 4 is 23.1 Å². The van der Waals surface area contributed by atoms with E-state index in [1.165, 1.54) is 5.56 Å². The summed E-state index contributed by atoms with van der Waals surface area (Å²) in [6.07, 6.45) is 5.79. The van der Waals surface area contributed by atoms with Crippen LogP contribution in [0.1, 0.15) is 30.9 Å². The number of aromatic nitrogens is 1. The molecule has 0 saturated carbocycles. The van der Waals surface area contributed by atoms with E-state index in [2.05, 4.69) is 40.3 Å². The minimum atomic E-state index is -0.270. The molecule has 0 spiro atoms. The lowest BCUT2D eigenvalue weighted by atomic mass is 9.89. The highest BCUT2D eigenvalue weighted by molar-refractivity contribution is 6.31. The van der Waals surface area contributed by atoms with Crippen molar-refractivity contribution in [3.8, 4) is 0 Å². The Morgan fingerprint density at radius 2 is 2.09 bits per heavy atom. The Hall–Kier alpha value is -2.07. The summed E-state index contributed by atoms with van der Waals surface area (Å²) >= 11 is 6.21. The summed E-state index contributed by atoms with van der Waals surface area (Å²) in [6.45, 7) is 3.95. The van der Waals surface area contributed by atoms with Gasteiger partial charge in [0, 0.05) is 40.8 Å². The molecule has 1 aromatic carbocycles. The number of nitrogens with one attached hydrogen (secondary N) is 1. The molecule has 4 nitrogen and oxygen atoms in total. The Bertz CT molecular complexity index is 759. The van der Waals surface area contributed by atoms with Crippen LogP contribution >= 0.6 is 11.6 Å². The van der Waals surface area contributed by atoms with Gasteiger partial charge < -0.3 is 10.2 Å². The second-order valence-corrected chi connectivity index (χ2v) is 6.45. The fourth-order valence-electron chi connectivity index (χ4n) is 3.71. The Labute approximate surface area is 141 Å². The van der Waals surface area contributed by atoms with E-state index in [-0.39, 0.29) is 5.66 Å². The molecular weight excluding hydrogens is 308 g/mol. The van der Waals surface area contributed by atoms with Crippen molar-refractivity contribution in [2.45, 2.75) is 25.4 Å². The van der Waals surface area contributed by atoms with Crippen LogP contribution in [0.2, 0.25) is 5.02 Å². The summed E-state index contributed by atoms with van der Waals surface area (Å²) in [5, 5.41) is 4.53. The van der Waals surface area contributed by atoms with Crippen LogP contribution in [-0.2, 0) is 5.66 Å². The van der Waals surface area contributed by atoms with E-state index in [0.29, 0.717) is 0 Å². The first-order valence-corrected chi connectivity index (χ1v) is 8.43. The third-order valence-corrected chi connectivity index (χ3v) is 4.87. The van der Waals surface area contributed by atoms with Crippen LogP contribution < -0.4 is 5.32 Å². The molecule has 0 radical (unpaired) electrons. The van der Waals surface area contributed by atoms with Crippen LogP contribution in [-0.4, -0.2) is 28.8 Å². The van der Waals surface area contributed by atoms with Crippen LogP contribution in [0.4, 0.5) is 5.69 Å². The molecule has 0 bridgehead atoms. The van der Waals surface area contributed by atoms with Crippen LogP contribution in [0.25, 0.3) is 0 Å². The maximum absolute atomic E-state index is 6.21. The van der Waals surface area contributed by atoms with E-state index in [1.807, 2.05) is 24.5 Å². The number of fused-ring (bicyclic) bond motifs is 3. The molecule has 1 atom stereocenters. The third kappa shape index (κ3) is 2.20. The molecule has 0 saturated heterocycles. The van der Waals surface area contributed by atoms with Crippen molar-refractivity contribution in [3.05, 3.63) is 58.9 Å². The summed E-state index contributed by atoms with van der Waals surface area (Å²) in [4.78, 5) is 11.3. The van der Waals surface area contributed by atoms with Crippen LogP contribution in [0, 0.1) is 0 Å². The zero-order valence-corrected chi connectivity index (χ0v) is 13.8. The maximum atomic E-state index is 6.21. The summed E-state index contributed by atoms with van der Waals surface area (Å²) in [5.74, 6) is 1.05. The Morgan fingerprint density at radius 1 is 1.26 bits per heavy atom. The van der Waals surface area contributed by atoms with Gasteiger partial charge in [-0.05, 0) is 36.8 Å². The van der Waals surface area contributed by atoms with Gasteiger partial charge in [-0.2, -0.15) is 0 Å². The minimum Gasteiger partial charge on any atom is -0.358 e. The zero-order chi connectivity index (χ0) is 15.9. The van der Waals surface area contributed by atoms with Crippen molar-refractivity contribution in [2.75, 3.05) is 18.4 Å². The van der Waals surface area contributed by atoms with E-state index < -0.39 is 0 Å². The molecule has 1 unspecified atom stereocenters. The number of benzene rings is 1. The van der Waals surface area contributed by atoms with E-state index in [1.54, 1.807) is 0 Å². The fraction of sp³-hybridized carbons (Fsp3) is 0.333. The summed E-state index contributed by atoms with van der Waals surface area (Å²) < 4.78 is 0. The second-order valence-electron chi connectivity index (χ2n) is 6.02. The normalized spacial score (nSPS) is 22.2. The highest BCUT2D eigenvalue weighted by Crippen LogP contribution is 2.43. The fourth-order valence-corrected chi connectivity index (χ4v) is 3.88. The van der Waals surface area contributed by atoms with Gasteiger partial charge in [-0.3, -0.25) is 9.98 Å². The summed E-state index contributed by atoms with van der Waals surface area (Å²) in [7, 11) is 0. The predicted molar refractivity (Wildman–Crippen MR) is 94.0 cm³/mol. The molecule has 2 aliphatic rings. The first-order valence-electron chi connectivity index (χ1n) is 8.05. The van der Waals surface area contributed by atoms with Gasteiger partial charge in [-0.1, -0.05) is 24.9 Å². The Morgan fingerprint density at radius 3 is 2.87 bits per heavy atom. The Kier molecular flexibility index (Phi) is 3.49. The van der Waals surface area contributed by atoms with Gasteiger partial charge in [0.1, 0.15) is 11.5 Å². The largest absolute Gasteiger partial charge is 0.358 e. The summed E-state index contributed by atoms with van der Waals surface area (Å²) in [6, 6.07) is 10.2. The molecule has 1 aromatic heterocycles. The van der Waals surface area contributed by atoms with Crippen LogP contribution in [0.3, 0.4) is 0 Å². The predicted octanol–water partition coefficient (Wildman–Crippen LogP) is 3.88. The lowest BCUT2D eigenvalue weighted by molar-refractivity contribution is 0.200. The van der Waals surface area contributed by atoms with E-state index in [0.717, 1.165) is 48.0 Å². The Balaban J connectivity index is 1.91. The number of anilines is 1. The quantitative estimate of drug-likeness (QED) is 0.930. The van der Waals surface area contributed by atoms with Crippen molar-refractivity contribution in [2.24, 2.45) is 4.99 Å². The van der Waals surface area contributed by atoms with Crippen LogP contribution in [0.5, 0.6) is 0 Å². The number of rotatable bonds is 3. The lowest BCUT2D eigenvalue weighted by Crippen LogP contribution is -2.56. The number of pyridine rings is 1. The topological polar surface area (TPSA) is 40.5 Å². The van der Waals surface area contributed by atoms with Crippen molar-refractivity contribution in [1.82, 2.24) is 9.88 Å².